The molecule has 0 amide bonds. The van der Waals surface area contributed by atoms with Gasteiger partial charge in [0.25, 0.3) is 0 Å². The molecule has 2 aromatic rings. The van der Waals surface area contributed by atoms with Gasteiger partial charge in [0.05, 0.1) is 6.20 Å². The van der Waals surface area contributed by atoms with Crippen molar-refractivity contribution in [1.82, 2.24) is 4.98 Å². The van der Waals surface area contributed by atoms with Crippen LogP contribution in [-0.4, -0.2) is 16.7 Å². The normalized spacial score (nSPS) is 12.1. The Labute approximate surface area is 105 Å². The zero-order chi connectivity index (χ0) is 12.1. The maximum atomic E-state index is 9.86. The molecule has 0 radical (unpaired) electrons. The summed E-state index contributed by atoms with van der Waals surface area (Å²) in [6.45, 7) is 0.188. The molecule has 0 aliphatic heterocycles. The molecule has 0 saturated heterocycles. The summed E-state index contributed by atoms with van der Waals surface area (Å²) in [6.07, 6.45) is 0.881. The number of hydrogen-bond donors (Lipinski definition) is 1. The first-order valence-electron chi connectivity index (χ1n) is 5.23. The lowest BCUT2D eigenvalue weighted by Gasteiger charge is -2.12. The van der Waals surface area contributed by atoms with E-state index in [-0.39, 0.29) is 6.61 Å². The number of pyridine rings is 1. The van der Waals surface area contributed by atoms with Crippen molar-refractivity contribution in [3.05, 3.63) is 59.4 Å². The lowest BCUT2D eigenvalue weighted by Crippen LogP contribution is -2.09. The maximum absolute atomic E-state index is 9.86. The lowest BCUT2D eigenvalue weighted by molar-refractivity contribution is 0.108. The van der Waals surface area contributed by atoms with Gasteiger partial charge in [-0.3, -0.25) is 0 Å². The fourth-order valence-corrected chi connectivity index (χ4v) is 1.51. The Morgan fingerprint density at radius 1 is 1.18 bits per heavy atom. The summed E-state index contributed by atoms with van der Waals surface area (Å²) in [5.74, 6) is 0.587. The molecule has 0 spiro atoms. The highest BCUT2D eigenvalue weighted by Gasteiger charge is 2.07. The van der Waals surface area contributed by atoms with Crippen LogP contribution in [0.15, 0.2) is 48.7 Å². The van der Waals surface area contributed by atoms with Crippen LogP contribution in [-0.2, 0) is 0 Å². The van der Waals surface area contributed by atoms with Gasteiger partial charge in [-0.15, -0.1) is 0 Å². The molecule has 2 rings (SSSR count). The third kappa shape index (κ3) is 3.44. The molecular weight excluding hydrogens is 238 g/mol. The van der Waals surface area contributed by atoms with Crippen LogP contribution in [0.2, 0.25) is 5.15 Å². The molecule has 1 heterocycles. The molecule has 3 nitrogen and oxygen atoms in total. The van der Waals surface area contributed by atoms with Gasteiger partial charge >= 0.3 is 0 Å². The minimum atomic E-state index is -0.646. The minimum absolute atomic E-state index is 0.188. The van der Waals surface area contributed by atoms with Crippen LogP contribution in [0.3, 0.4) is 0 Å². The summed E-state index contributed by atoms with van der Waals surface area (Å²) in [5, 5.41) is 10.3. The molecule has 0 saturated carbocycles. The number of nitrogens with zero attached hydrogens (tertiary/aromatic N) is 1. The van der Waals surface area contributed by atoms with E-state index in [9.17, 15) is 5.11 Å². The van der Waals surface area contributed by atoms with E-state index in [1.165, 1.54) is 6.20 Å². The van der Waals surface area contributed by atoms with E-state index in [0.717, 1.165) is 5.56 Å². The van der Waals surface area contributed by atoms with E-state index in [2.05, 4.69) is 4.98 Å². The first-order chi connectivity index (χ1) is 8.25. The van der Waals surface area contributed by atoms with Crippen LogP contribution >= 0.6 is 11.6 Å². The lowest BCUT2D eigenvalue weighted by atomic mass is 10.1. The second-order valence-corrected chi connectivity index (χ2v) is 3.94. The quantitative estimate of drug-likeness (QED) is 0.848. The number of hydrogen-bond acceptors (Lipinski definition) is 3. The first-order valence-corrected chi connectivity index (χ1v) is 5.61. The summed E-state index contributed by atoms with van der Waals surface area (Å²) in [6, 6.07) is 12.7. The summed E-state index contributed by atoms with van der Waals surface area (Å²) in [4.78, 5) is 3.89. The Morgan fingerprint density at radius 2 is 1.94 bits per heavy atom. The van der Waals surface area contributed by atoms with Crippen LogP contribution in [0.25, 0.3) is 0 Å². The first kappa shape index (κ1) is 11.9. The molecular formula is C13H12ClNO2. The van der Waals surface area contributed by atoms with Crippen molar-refractivity contribution in [2.24, 2.45) is 0 Å². The van der Waals surface area contributed by atoms with E-state index < -0.39 is 6.10 Å². The van der Waals surface area contributed by atoms with Crippen molar-refractivity contribution in [1.29, 1.82) is 0 Å². The number of benzene rings is 1. The summed E-state index contributed by atoms with van der Waals surface area (Å²) in [5.41, 5.74) is 0.828. The van der Waals surface area contributed by atoms with Gasteiger partial charge in [0.2, 0.25) is 0 Å². The average molecular weight is 250 g/mol. The highest BCUT2D eigenvalue weighted by atomic mass is 35.5. The van der Waals surface area contributed by atoms with Crippen molar-refractivity contribution in [2.75, 3.05) is 6.61 Å². The van der Waals surface area contributed by atoms with Crippen LogP contribution in [0.1, 0.15) is 11.7 Å². The molecule has 1 aromatic carbocycles. The van der Waals surface area contributed by atoms with Crippen LogP contribution in [0, 0.1) is 0 Å². The average Bonchev–Trinajstić information content (AvgIpc) is 2.39. The maximum Gasteiger partial charge on any atom is 0.137 e. The van der Waals surface area contributed by atoms with Crippen molar-refractivity contribution >= 4 is 11.6 Å². The van der Waals surface area contributed by atoms with E-state index in [0.29, 0.717) is 10.9 Å². The molecule has 0 fully saturated rings. The van der Waals surface area contributed by atoms with Gasteiger partial charge in [-0.05, 0) is 17.7 Å². The number of aliphatic hydroxyl groups excluding tert-OH is 1. The molecule has 1 aromatic heterocycles. The number of aromatic nitrogens is 1. The third-order valence-electron chi connectivity index (χ3n) is 2.29. The Hall–Kier alpha value is -1.58. The van der Waals surface area contributed by atoms with Crippen molar-refractivity contribution in [2.45, 2.75) is 6.10 Å². The van der Waals surface area contributed by atoms with Gasteiger partial charge < -0.3 is 9.84 Å². The van der Waals surface area contributed by atoms with Gasteiger partial charge in [-0.1, -0.05) is 41.9 Å². The summed E-state index contributed by atoms with van der Waals surface area (Å²) >= 11 is 5.65. The van der Waals surface area contributed by atoms with Crippen molar-refractivity contribution in [3.63, 3.8) is 0 Å². The zero-order valence-electron chi connectivity index (χ0n) is 9.08. The highest BCUT2D eigenvalue weighted by Crippen LogP contribution is 2.16. The largest absolute Gasteiger partial charge is 0.489 e. The summed E-state index contributed by atoms with van der Waals surface area (Å²) in [7, 11) is 0. The molecule has 1 atom stereocenters. The van der Waals surface area contributed by atoms with Gasteiger partial charge in [0.1, 0.15) is 23.6 Å². The van der Waals surface area contributed by atoms with E-state index >= 15 is 0 Å². The molecule has 0 aliphatic rings. The third-order valence-corrected chi connectivity index (χ3v) is 2.52. The fraction of sp³-hybridized carbons (Fsp3) is 0.154. The number of ether oxygens (including phenoxy) is 1. The zero-order valence-corrected chi connectivity index (χ0v) is 9.84. The molecule has 4 heteroatoms. The molecule has 0 unspecified atom stereocenters. The number of halogens is 1. The second-order valence-electron chi connectivity index (χ2n) is 3.55. The van der Waals surface area contributed by atoms with Gasteiger partial charge in [-0.2, -0.15) is 0 Å². The Morgan fingerprint density at radius 3 is 2.59 bits per heavy atom. The second kappa shape index (κ2) is 5.66. The fourth-order valence-electron chi connectivity index (χ4n) is 1.39. The number of aliphatic hydroxyl groups is 1. The van der Waals surface area contributed by atoms with Crippen molar-refractivity contribution < 1.29 is 9.84 Å². The van der Waals surface area contributed by atoms with E-state index in [4.69, 9.17) is 16.3 Å². The monoisotopic (exact) mass is 249 g/mol. The van der Waals surface area contributed by atoms with Crippen LogP contribution in [0.4, 0.5) is 0 Å². The van der Waals surface area contributed by atoms with Crippen molar-refractivity contribution in [3.8, 4) is 5.75 Å². The molecule has 0 bridgehead atoms. The molecule has 17 heavy (non-hydrogen) atoms. The van der Waals surface area contributed by atoms with Crippen LogP contribution in [0.5, 0.6) is 5.75 Å². The Balaban J connectivity index is 1.92. The topological polar surface area (TPSA) is 42.4 Å². The Bertz CT molecular complexity index is 459. The standard InChI is InChI=1S/C13H12ClNO2/c14-13-7-6-11(8-15-13)17-9-12(16)10-4-2-1-3-5-10/h1-8,12,16H,9H2/t12-/m1/s1. The Kier molecular flexibility index (Phi) is 3.96. The predicted molar refractivity (Wildman–Crippen MR) is 66.1 cm³/mol. The minimum Gasteiger partial charge on any atom is -0.489 e. The number of rotatable bonds is 4. The SMILES string of the molecule is O[C@H](COc1ccc(Cl)nc1)c1ccccc1. The smallest absolute Gasteiger partial charge is 0.137 e. The molecule has 0 aliphatic carbocycles. The van der Waals surface area contributed by atoms with E-state index in [1.54, 1.807) is 12.1 Å². The van der Waals surface area contributed by atoms with Crippen LogP contribution < -0.4 is 4.74 Å². The highest BCUT2D eigenvalue weighted by molar-refractivity contribution is 6.29. The summed E-state index contributed by atoms with van der Waals surface area (Å²) < 4.78 is 5.41. The predicted octanol–water partition coefficient (Wildman–Crippen LogP) is 2.85. The molecule has 1 N–H and O–H groups in total. The van der Waals surface area contributed by atoms with Gasteiger partial charge in [-0.25, -0.2) is 4.98 Å². The van der Waals surface area contributed by atoms with E-state index in [1.807, 2.05) is 30.3 Å². The van der Waals surface area contributed by atoms with Gasteiger partial charge in [0, 0.05) is 0 Å². The molecule has 88 valence electrons. The van der Waals surface area contributed by atoms with Gasteiger partial charge in [0.15, 0.2) is 0 Å².